The molecule has 0 spiro atoms. The van der Waals surface area contributed by atoms with E-state index in [9.17, 15) is 22.4 Å². The minimum absolute atomic E-state index is 0.0152. The lowest BCUT2D eigenvalue weighted by Crippen LogP contribution is -2.42. The number of sulfonamides is 1. The Hall–Kier alpha value is -2.30. The molecule has 1 saturated heterocycles. The van der Waals surface area contributed by atoms with Crippen molar-refractivity contribution in [3.8, 4) is 5.75 Å². The van der Waals surface area contributed by atoms with E-state index in [0.29, 0.717) is 37.4 Å². The summed E-state index contributed by atoms with van der Waals surface area (Å²) < 4.78 is 52.8. The fraction of sp³-hybridized carbons (Fsp3) is 0.545. The number of carbonyl (C=O) groups excluding carboxylic acids is 2. The molecule has 2 amide bonds. The SMILES string of the molecule is O=C1CCC(COC/C=C/S(=O)(=O)NC2(c3ccc(F)c(OCC4CC4)c3)CC2)C(=O)N1. The summed E-state index contributed by atoms with van der Waals surface area (Å²) >= 11 is 0. The number of imide groups is 1. The highest BCUT2D eigenvalue weighted by molar-refractivity contribution is 7.92. The fourth-order valence-corrected chi connectivity index (χ4v) is 4.89. The lowest BCUT2D eigenvalue weighted by Gasteiger charge is -2.20. The number of piperidine rings is 1. The van der Waals surface area contributed by atoms with Gasteiger partial charge in [-0.2, -0.15) is 0 Å². The molecule has 1 aromatic carbocycles. The number of hydrogen-bond donors (Lipinski definition) is 2. The van der Waals surface area contributed by atoms with Crippen LogP contribution in [0.3, 0.4) is 0 Å². The van der Waals surface area contributed by atoms with Crippen LogP contribution in [0, 0.1) is 17.7 Å². The summed E-state index contributed by atoms with van der Waals surface area (Å²) in [7, 11) is -3.76. The predicted molar refractivity (Wildman–Crippen MR) is 113 cm³/mol. The average molecular weight is 467 g/mol. The number of hydrogen-bond acceptors (Lipinski definition) is 6. The molecule has 2 N–H and O–H groups in total. The minimum atomic E-state index is -3.76. The molecule has 3 aliphatic rings. The number of ether oxygens (including phenoxy) is 2. The van der Waals surface area contributed by atoms with Gasteiger partial charge in [-0.1, -0.05) is 6.07 Å². The van der Waals surface area contributed by atoms with Gasteiger partial charge in [0.15, 0.2) is 11.6 Å². The van der Waals surface area contributed by atoms with E-state index in [-0.39, 0.29) is 37.2 Å². The largest absolute Gasteiger partial charge is 0.490 e. The fourth-order valence-electron chi connectivity index (χ4n) is 3.63. The zero-order valence-electron chi connectivity index (χ0n) is 17.6. The van der Waals surface area contributed by atoms with Gasteiger partial charge in [-0.05, 0) is 61.8 Å². The molecule has 0 radical (unpaired) electrons. The van der Waals surface area contributed by atoms with Gasteiger partial charge in [-0.15, -0.1) is 0 Å². The highest BCUT2D eigenvalue weighted by atomic mass is 32.2. The van der Waals surface area contributed by atoms with Crippen molar-refractivity contribution in [2.24, 2.45) is 11.8 Å². The van der Waals surface area contributed by atoms with Crippen molar-refractivity contribution in [3.63, 3.8) is 0 Å². The van der Waals surface area contributed by atoms with Crippen molar-refractivity contribution in [1.82, 2.24) is 10.0 Å². The van der Waals surface area contributed by atoms with Crippen molar-refractivity contribution in [1.29, 1.82) is 0 Å². The normalized spacial score (nSPS) is 22.7. The Morgan fingerprint density at radius 3 is 2.66 bits per heavy atom. The van der Waals surface area contributed by atoms with Gasteiger partial charge in [-0.3, -0.25) is 14.9 Å². The predicted octanol–water partition coefficient (Wildman–Crippen LogP) is 2.11. The maximum atomic E-state index is 14.1. The summed E-state index contributed by atoms with van der Waals surface area (Å²) in [5.41, 5.74) is -0.0851. The van der Waals surface area contributed by atoms with Crippen LogP contribution in [-0.4, -0.2) is 40.1 Å². The van der Waals surface area contributed by atoms with Gasteiger partial charge < -0.3 is 9.47 Å². The lowest BCUT2D eigenvalue weighted by molar-refractivity contribution is -0.137. The number of carbonyl (C=O) groups is 2. The average Bonchev–Trinajstić information content (AvgIpc) is 3.65. The number of rotatable bonds is 11. The summed E-state index contributed by atoms with van der Waals surface area (Å²) in [6, 6.07) is 4.48. The Labute approximate surface area is 186 Å². The lowest BCUT2D eigenvalue weighted by atomic mass is 9.99. The smallest absolute Gasteiger partial charge is 0.234 e. The van der Waals surface area contributed by atoms with E-state index >= 15 is 0 Å². The minimum Gasteiger partial charge on any atom is -0.490 e. The van der Waals surface area contributed by atoms with Crippen LogP contribution in [0.25, 0.3) is 0 Å². The number of nitrogens with one attached hydrogen (secondary N) is 2. The molecule has 32 heavy (non-hydrogen) atoms. The van der Waals surface area contributed by atoms with Gasteiger partial charge in [0.2, 0.25) is 21.8 Å². The molecule has 2 saturated carbocycles. The standard InChI is InChI=1S/C22H27FN2O6S/c23-18-6-5-17(12-19(18)31-13-15-2-3-15)22(8-9-22)25-32(28,29)11-1-10-30-14-16-4-7-20(26)24-21(16)27/h1,5-6,11-12,15-16,25H,2-4,7-10,13-14H2,(H,24,26,27)/b11-1+. The third kappa shape index (κ3) is 5.93. The second kappa shape index (κ2) is 9.29. The van der Waals surface area contributed by atoms with Crippen LogP contribution >= 0.6 is 0 Å². The van der Waals surface area contributed by atoms with Crippen LogP contribution in [0.1, 0.15) is 44.1 Å². The molecule has 2 aliphatic carbocycles. The Kier molecular flexibility index (Phi) is 6.64. The van der Waals surface area contributed by atoms with Gasteiger partial charge in [-0.25, -0.2) is 17.5 Å². The maximum Gasteiger partial charge on any atom is 0.234 e. The third-order valence-electron chi connectivity index (χ3n) is 5.90. The second-order valence-electron chi connectivity index (χ2n) is 8.69. The van der Waals surface area contributed by atoms with Gasteiger partial charge >= 0.3 is 0 Å². The van der Waals surface area contributed by atoms with E-state index in [1.54, 1.807) is 12.1 Å². The molecule has 8 nitrogen and oxygen atoms in total. The quantitative estimate of drug-likeness (QED) is 0.382. The van der Waals surface area contributed by atoms with Gasteiger partial charge in [0, 0.05) is 11.8 Å². The van der Waals surface area contributed by atoms with Gasteiger partial charge in [0.05, 0.1) is 31.3 Å². The van der Waals surface area contributed by atoms with Gasteiger partial charge in [0.25, 0.3) is 0 Å². The molecule has 0 aromatic heterocycles. The third-order valence-corrected chi connectivity index (χ3v) is 7.13. The highest BCUT2D eigenvalue weighted by Crippen LogP contribution is 2.47. The zero-order valence-corrected chi connectivity index (χ0v) is 18.5. The van der Waals surface area contributed by atoms with E-state index in [1.807, 2.05) is 0 Å². The van der Waals surface area contributed by atoms with E-state index in [1.165, 1.54) is 12.1 Å². The van der Waals surface area contributed by atoms with E-state index in [0.717, 1.165) is 18.2 Å². The Balaban J connectivity index is 1.29. The molecule has 4 rings (SSSR count). The Morgan fingerprint density at radius 1 is 1.19 bits per heavy atom. The number of amides is 2. The molecule has 1 aromatic rings. The molecule has 1 aliphatic heterocycles. The first-order valence-electron chi connectivity index (χ1n) is 10.8. The van der Waals surface area contributed by atoms with Crippen molar-refractivity contribution in [2.75, 3.05) is 19.8 Å². The topological polar surface area (TPSA) is 111 Å². The number of halogens is 1. The first-order chi connectivity index (χ1) is 15.3. The molecule has 174 valence electrons. The number of benzene rings is 1. The monoisotopic (exact) mass is 466 g/mol. The summed E-state index contributed by atoms with van der Waals surface area (Å²) in [5.74, 6) is -0.900. The summed E-state index contributed by atoms with van der Waals surface area (Å²) in [4.78, 5) is 22.8. The first-order valence-corrected chi connectivity index (χ1v) is 12.4. The van der Waals surface area contributed by atoms with Crippen LogP contribution in [0.2, 0.25) is 0 Å². The highest BCUT2D eigenvalue weighted by Gasteiger charge is 2.47. The molecule has 10 heteroatoms. The Bertz CT molecular complexity index is 1020. The van der Waals surface area contributed by atoms with Gasteiger partial charge in [0.1, 0.15) is 0 Å². The van der Waals surface area contributed by atoms with Crippen molar-refractivity contribution >= 4 is 21.8 Å². The maximum absolute atomic E-state index is 14.1. The molecular weight excluding hydrogens is 439 g/mol. The Morgan fingerprint density at radius 2 is 1.97 bits per heavy atom. The van der Waals surface area contributed by atoms with Crippen LogP contribution in [-0.2, 0) is 29.9 Å². The second-order valence-corrected chi connectivity index (χ2v) is 10.3. The van der Waals surface area contributed by atoms with E-state index in [2.05, 4.69) is 10.0 Å². The molecule has 1 atom stereocenters. The van der Waals surface area contributed by atoms with Crippen molar-refractivity contribution < 1.29 is 31.9 Å². The molecule has 1 unspecified atom stereocenters. The summed E-state index contributed by atoms with van der Waals surface area (Å²) in [6.45, 7) is 0.599. The molecule has 1 heterocycles. The van der Waals surface area contributed by atoms with Crippen LogP contribution in [0.4, 0.5) is 4.39 Å². The molecular formula is C22H27FN2O6S. The van der Waals surface area contributed by atoms with Crippen LogP contribution in [0.15, 0.2) is 29.7 Å². The zero-order chi connectivity index (χ0) is 22.8. The summed E-state index contributed by atoms with van der Waals surface area (Å²) in [6.07, 6.45) is 5.45. The van der Waals surface area contributed by atoms with Crippen LogP contribution in [0.5, 0.6) is 5.75 Å². The van der Waals surface area contributed by atoms with Crippen molar-refractivity contribution in [2.45, 2.75) is 44.1 Å². The van der Waals surface area contributed by atoms with Crippen molar-refractivity contribution in [3.05, 3.63) is 41.1 Å². The first kappa shape index (κ1) is 22.9. The summed E-state index contributed by atoms with van der Waals surface area (Å²) in [5, 5.41) is 3.29. The van der Waals surface area contributed by atoms with E-state index in [4.69, 9.17) is 9.47 Å². The molecule has 3 fully saturated rings. The van der Waals surface area contributed by atoms with Crippen LogP contribution < -0.4 is 14.8 Å². The molecule has 0 bridgehead atoms. The van der Waals surface area contributed by atoms with E-state index < -0.39 is 27.3 Å².